The van der Waals surface area contributed by atoms with Gasteiger partial charge in [0.2, 0.25) is 0 Å². The summed E-state index contributed by atoms with van der Waals surface area (Å²) in [5.74, 6) is 0.832. The van der Waals surface area contributed by atoms with Crippen LogP contribution in [0.4, 0.5) is 0 Å². The minimum atomic E-state index is 0.506. The highest BCUT2D eigenvalue weighted by Crippen LogP contribution is 2.30. The van der Waals surface area contributed by atoms with Crippen LogP contribution >= 0.6 is 15.9 Å². The van der Waals surface area contributed by atoms with Crippen molar-refractivity contribution < 1.29 is 4.74 Å². The Balaban J connectivity index is 1.87. The van der Waals surface area contributed by atoms with E-state index in [-0.39, 0.29) is 0 Å². The highest BCUT2D eigenvalue weighted by Gasteiger charge is 2.31. The van der Waals surface area contributed by atoms with Gasteiger partial charge >= 0.3 is 0 Å². The van der Waals surface area contributed by atoms with E-state index in [0.29, 0.717) is 10.9 Å². The van der Waals surface area contributed by atoms with Gasteiger partial charge in [0.15, 0.2) is 0 Å². The molecule has 0 spiro atoms. The van der Waals surface area contributed by atoms with Gasteiger partial charge in [0.1, 0.15) is 0 Å². The smallest absolute Gasteiger partial charge is 0.0586 e. The summed E-state index contributed by atoms with van der Waals surface area (Å²) in [5.41, 5.74) is 0. The van der Waals surface area contributed by atoms with Gasteiger partial charge in [-0.3, -0.25) is 4.90 Å². The van der Waals surface area contributed by atoms with Crippen molar-refractivity contribution in [3.05, 3.63) is 0 Å². The molecule has 1 saturated heterocycles. The lowest BCUT2D eigenvalue weighted by Crippen LogP contribution is -2.48. The molecule has 1 aliphatic carbocycles. The predicted molar refractivity (Wildman–Crippen MR) is 71.1 cm³/mol. The zero-order valence-corrected chi connectivity index (χ0v) is 12.1. The van der Waals surface area contributed by atoms with Crippen molar-refractivity contribution in [2.45, 2.75) is 56.0 Å². The van der Waals surface area contributed by atoms with Gasteiger partial charge in [-0.15, -0.1) is 0 Å². The predicted octanol–water partition coefficient (Wildman–Crippen LogP) is 3.05. The Labute approximate surface area is 108 Å². The number of ether oxygens (including phenoxy) is 1. The summed E-state index contributed by atoms with van der Waals surface area (Å²) in [4.78, 5) is 3.37. The average molecular weight is 290 g/mol. The van der Waals surface area contributed by atoms with Gasteiger partial charge in [-0.25, -0.2) is 0 Å². The minimum Gasteiger partial charge on any atom is -0.381 e. The van der Waals surface area contributed by atoms with Gasteiger partial charge in [-0.1, -0.05) is 22.9 Å². The summed E-state index contributed by atoms with van der Waals surface area (Å²) in [6, 6.07) is 0.770. The number of piperidine rings is 1. The maximum absolute atomic E-state index is 5.52. The summed E-state index contributed by atoms with van der Waals surface area (Å²) in [6.45, 7) is 4.86. The zero-order valence-electron chi connectivity index (χ0n) is 10.5. The van der Waals surface area contributed by atoms with E-state index in [2.05, 4.69) is 27.8 Å². The molecule has 2 aliphatic rings. The molecule has 0 aromatic heterocycles. The summed E-state index contributed by atoms with van der Waals surface area (Å²) >= 11 is 3.82. The molecule has 2 nitrogen and oxygen atoms in total. The topological polar surface area (TPSA) is 12.5 Å². The normalized spacial score (nSPS) is 42.2. The number of alkyl halides is 1. The fraction of sp³-hybridized carbons (Fsp3) is 1.00. The number of hydrogen-bond donors (Lipinski definition) is 0. The highest BCUT2D eigenvalue weighted by molar-refractivity contribution is 9.09. The molecule has 1 heterocycles. The fourth-order valence-electron chi connectivity index (χ4n) is 3.04. The van der Waals surface area contributed by atoms with Crippen LogP contribution in [-0.2, 0) is 4.74 Å². The third-order valence-corrected chi connectivity index (χ3v) is 5.54. The Hall–Kier alpha value is 0.400. The standard InChI is InChI=1S/C13H24BrNO/c1-10-6-7-15(9-13(10)14)11-4-3-5-12(8-11)16-2/h10-13H,3-9H2,1-2H3. The van der Waals surface area contributed by atoms with Crippen LogP contribution in [0.3, 0.4) is 0 Å². The molecule has 4 unspecified atom stereocenters. The van der Waals surface area contributed by atoms with Crippen LogP contribution < -0.4 is 0 Å². The number of hydrogen-bond acceptors (Lipinski definition) is 2. The first-order valence-electron chi connectivity index (χ1n) is 6.61. The molecule has 2 fully saturated rings. The molecule has 0 aromatic rings. The van der Waals surface area contributed by atoms with Gasteiger partial charge in [-0.05, 0) is 44.6 Å². The maximum Gasteiger partial charge on any atom is 0.0586 e. The molecule has 3 heteroatoms. The number of likely N-dealkylation sites (tertiary alicyclic amines) is 1. The van der Waals surface area contributed by atoms with Crippen molar-refractivity contribution in [1.82, 2.24) is 4.90 Å². The van der Waals surface area contributed by atoms with Crippen molar-refractivity contribution in [2.24, 2.45) is 5.92 Å². The highest BCUT2D eigenvalue weighted by atomic mass is 79.9. The van der Waals surface area contributed by atoms with E-state index in [1.54, 1.807) is 0 Å². The Morgan fingerprint density at radius 1 is 1.25 bits per heavy atom. The second-order valence-electron chi connectivity index (χ2n) is 5.46. The van der Waals surface area contributed by atoms with E-state index in [1.165, 1.54) is 45.2 Å². The lowest BCUT2D eigenvalue weighted by atomic mass is 9.89. The molecule has 94 valence electrons. The Morgan fingerprint density at radius 2 is 2.06 bits per heavy atom. The van der Waals surface area contributed by atoms with Gasteiger partial charge in [0.05, 0.1) is 6.10 Å². The number of halogens is 1. The van der Waals surface area contributed by atoms with E-state index in [9.17, 15) is 0 Å². The Bertz CT molecular complexity index is 220. The number of nitrogens with zero attached hydrogens (tertiary/aromatic N) is 1. The number of rotatable bonds is 2. The summed E-state index contributed by atoms with van der Waals surface area (Å²) < 4.78 is 5.52. The second-order valence-corrected chi connectivity index (χ2v) is 6.63. The van der Waals surface area contributed by atoms with E-state index in [4.69, 9.17) is 4.74 Å². The molecule has 0 amide bonds. The quantitative estimate of drug-likeness (QED) is 0.725. The lowest BCUT2D eigenvalue weighted by molar-refractivity contribution is 0.0200. The van der Waals surface area contributed by atoms with E-state index < -0.39 is 0 Å². The van der Waals surface area contributed by atoms with Crippen molar-refractivity contribution in [2.75, 3.05) is 20.2 Å². The number of methoxy groups -OCH3 is 1. The molecular weight excluding hydrogens is 266 g/mol. The molecule has 0 N–H and O–H groups in total. The maximum atomic E-state index is 5.52. The largest absolute Gasteiger partial charge is 0.381 e. The molecule has 16 heavy (non-hydrogen) atoms. The molecular formula is C13H24BrNO. The first-order chi connectivity index (χ1) is 7.70. The lowest BCUT2D eigenvalue weighted by Gasteiger charge is -2.42. The van der Waals surface area contributed by atoms with Crippen molar-refractivity contribution in [3.8, 4) is 0 Å². The summed E-state index contributed by atoms with van der Waals surface area (Å²) in [6.07, 6.45) is 7.05. The second kappa shape index (κ2) is 5.83. The van der Waals surface area contributed by atoms with Crippen LogP contribution in [0.15, 0.2) is 0 Å². The van der Waals surface area contributed by atoms with Gasteiger partial charge < -0.3 is 4.74 Å². The summed E-state index contributed by atoms with van der Waals surface area (Å²) in [5, 5.41) is 0. The molecule has 1 saturated carbocycles. The molecule has 1 aliphatic heterocycles. The van der Waals surface area contributed by atoms with Gasteiger partial charge in [0.25, 0.3) is 0 Å². The first-order valence-corrected chi connectivity index (χ1v) is 7.53. The van der Waals surface area contributed by atoms with Crippen LogP contribution in [0, 0.1) is 5.92 Å². The summed E-state index contributed by atoms with van der Waals surface area (Å²) in [7, 11) is 1.86. The monoisotopic (exact) mass is 289 g/mol. The SMILES string of the molecule is COC1CCCC(N2CCC(C)C(Br)C2)C1. The first kappa shape index (κ1) is 12.8. The van der Waals surface area contributed by atoms with E-state index >= 15 is 0 Å². The third kappa shape index (κ3) is 2.99. The Morgan fingerprint density at radius 3 is 2.75 bits per heavy atom. The zero-order chi connectivity index (χ0) is 11.5. The van der Waals surface area contributed by atoms with Crippen LogP contribution in [0.25, 0.3) is 0 Å². The van der Waals surface area contributed by atoms with Crippen molar-refractivity contribution in [3.63, 3.8) is 0 Å². The van der Waals surface area contributed by atoms with Crippen molar-refractivity contribution >= 4 is 15.9 Å². The third-order valence-electron chi connectivity index (χ3n) is 4.35. The van der Waals surface area contributed by atoms with E-state index in [0.717, 1.165) is 12.0 Å². The molecule has 2 rings (SSSR count). The van der Waals surface area contributed by atoms with Gasteiger partial charge in [-0.2, -0.15) is 0 Å². The van der Waals surface area contributed by atoms with E-state index in [1.807, 2.05) is 7.11 Å². The molecule has 0 aromatic carbocycles. The molecule has 4 atom stereocenters. The van der Waals surface area contributed by atoms with Crippen molar-refractivity contribution in [1.29, 1.82) is 0 Å². The van der Waals surface area contributed by atoms with Gasteiger partial charge in [0, 0.05) is 24.5 Å². The Kier molecular flexibility index (Phi) is 4.68. The minimum absolute atomic E-state index is 0.506. The molecule has 0 radical (unpaired) electrons. The van der Waals surface area contributed by atoms with Crippen LogP contribution in [0.5, 0.6) is 0 Å². The van der Waals surface area contributed by atoms with Crippen LogP contribution in [-0.4, -0.2) is 42.1 Å². The average Bonchev–Trinajstić information content (AvgIpc) is 2.33. The fourth-order valence-corrected chi connectivity index (χ4v) is 3.68. The van der Waals surface area contributed by atoms with Crippen LogP contribution in [0.2, 0.25) is 0 Å². The van der Waals surface area contributed by atoms with Crippen LogP contribution in [0.1, 0.15) is 39.0 Å². The molecule has 0 bridgehead atoms.